The number of carbonyl (C=O) groups excluding carboxylic acids is 1. The van der Waals surface area contributed by atoms with Crippen LogP contribution in [0.15, 0.2) is 58.1 Å². The molecule has 1 heterocycles. The standard InChI is InChI=1S/C24H28N4O3/c1-4-5-11-27(23(30)19-13-16(2)12-17(3)14-19)20-21(25)28(24(31)26-22(20)29)15-18-9-7-6-8-10-18/h6-10,12-14H,4-5,11,15,25H2,1-3H3,(H,26,29,31). The number of rotatable bonds is 7. The van der Waals surface area contributed by atoms with Crippen LogP contribution in [0.25, 0.3) is 0 Å². The van der Waals surface area contributed by atoms with Gasteiger partial charge in [-0.3, -0.25) is 19.1 Å². The lowest BCUT2D eigenvalue weighted by Gasteiger charge is -2.25. The number of aromatic amines is 1. The summed E-state index contributed by atoms with van der Waals surface area (Å²) in [4.78, 5) is 42.5. The van der Waals surface area contributed by atoms with E-state index in [4.69, 9.17) is 5.73 Å². The van der Waals surface area contributed by atoms with Crippen molar-refractivity contribution in [2.45, 2.75) is 40.2 Å². The molecule has 7 nitrogen and oxygen atoms in total. The van der Waals surface area contributed by atoms with Crippen molar-refractivity contribution in [3.63, 3.8) is 0 Å². The van der Waals surface area contributed by atoms with E-state index >= 15 is 0 Å². The van der Waals surface area contributed by atoms with Gasteiger partial charge in [-0.05, 0) is 38.0 Å². The molecule has 0 bridgehead atoms. The van der Waals surface area contributed by atoms with E-state index in [1.165, 1.54) is 9.47 Å². The number of hydrogen-bond donors (Lipinski definition) is 2. The molecule has 0 saturated carbocycles. The van der Waals surface area contributed by atoms with Gasteiger partial charge in [0, 0.05) is 12.1 Å². The summed E-state index contributed by atoms with van der Waals surface area (Å²) < 4.78 is 1.29. The highest BCUT2D eigenvalue weighted by Gasteiger charge is 2.25. The quantitative estimate of drug-likeness (QED) is 0.613. The van der Waals surface area contributed by atoms with Crippen LogP contribution in [0, 0.1) is 13.8 Å². The number of nitrogens with zero attached hydrogens (tertiary/aromatic N) is 2. The molecule has 0 aliphatic carbocycles. The topological polar surface area (TPSA) is 101 Å². The van der Waals surface area contributed by atoms with E-state index < -0.39 is 11.2 Å². The van der Waals surface area contributed by atoms with Crippen molar-refractivity contribution in [2.24, 2.45) is 0 Å². The Morgan fingerprint density at radius 1 is 1.06 bits per heavy atom. The van der Waals surface area contributed by atoms with Gasteiger partial charge in [-0.15, -0.1) is 0 Å². The SMILES string of the molecule is CCCCN(C(=O)c1cc(C)cc(C)c1)c1c(N)n(Cc2ccccc2)c(=O)[nH]c1=O. The summed E-state index contributed by atoms with van der Waals surface area (Å²) in [5.41, 5.74) is 8.31. The highest BCUT2D eigenvalue weighted by atomic mass is 16.2. The first-order chi connectivity index (χ1) is 14.8. The smallest absolute Gasteiger partial charge is 0.330 e. The Morgan fingerprint density at radius 2 is 1.71 bits per heavy atom. The van der Waals surface area contributed by atoms with Crippen LogP contribution in [0.2, 0.25) is 0 Å². The molecule has 3 rings (SSSR count). The van der Waals surface area contributed by atoms with Crippen molar-refractivity contribution < 1.29 is 4.79 Å². The third-order valence-electron chi connectivity index (χ3n) is 5.12. The highest BCUT2D eigenvalue weighted by molar-refractivity contribution is 6.07. The van der Waals surface area contributed by atoms with Crippen LogP contribution in [0.5, 0.6) is 0 Å². The van der Waals surface area contributed by atoms with Gasteiger partial charge in [-0.25, -0.2) is 4.79 Å². The molecule has 31 heavy (non-hydrogen) atoms. The number of anilines is 2. The second kappa shape index (κ2) is 9.47. The first-order valence-corrected chi connectivity index (χ1v) is 10.4. The van der Waals surface area contributed by atoms with Crippen LogP contribution in [0.1, 0.15) is 46.8 Å². The molecule has 0 fully saturated rings. The van der Waals surface area contributed by atoms with Crippen LogP contribution in [0.3, 0.4) is 0 Å². The van der Waals surface area contributed by atoms with Gasteiger partial charge >= 0.3 is 5.69 Å². The minimum Gasteiger partial charge on any atom is -0.383 e. The fourth-order valence-electron chi connectivity index (χ4n) is 3.65. The van der Waals surface area contributed by atoms with E-state index in [1.807, 2.05) is 57.2 Å². The van der Waals surface area contributed by atoms with E-state index in [9.17, 15) is 14.4 Å². The summed E-state index contributed by atoms with van der Waals surface area (Å²) in [6.07, 6.45) is 1.52. The van der Waals surface area contributed by atoms with Gasteiger partial charge in [0.05, 0.1) is 6.54 Å². The molecule has 0 unspecified atom stereocenters. The largest absolute Gasteiger partial charge is 0.383 e. The Balaban J connectivity index is 2.12. The molecular weight excluding hydrogens is 392 g/mol. The Labute approximate surface area is 181 Å². The van der Waals surface area contributed by atoms with Crippen molar-refractivity contribution in [1.82, 2.24) is 9.55 Å². The molecule has 7 heteroatoms. The van der Waals surface area contributed by atoms with E-state index in [1.54, 1.807) is 12.1 Å². The Hall–Kier alpha value is -3.61. The minimum absolute atomic E-state index is 0.00754. The summed E-state index contributed by atoms with van der Waals surface area (Å²) in [7, 11) is 0. The molecule has 3 aromatic rings. The predicted octanol–water partition coefficient (Wildman–Crippen LogP) is 3.23. The summed E-state index contributed by atoms with van der Waals surface area (Å²) in [5.74, 6) is -0.339. The number of unbranched alkanes of at least 4 members (excludes halogenated alkanes) is 1. The second-order valence-electron chi connectivity index (χ2n) is 7.75. The Bertz CT molecular complexity index is 1180. The predicted molar refractivity (Wildman–Crippen MR) is 124 cm³/mol. The maximum absolute atomic E-state index is 13.4. The average molecular weight is 421 g/mol. The number of nitrogens with two attached hydrogens (primary N) is 1. The van der Waals surface area contributed by atoms with E-state index in [2.05, 4.69) is 4.98 Å². The molecule has 0 aliphatic heterocycles. The molecule has 0 spiro atoms. The lowest BCUT2D eigenvalue weighted by atomic mass is 10.1. The normalized spacial score (nSPS) is 10.8. The molecule has 0 aliphatic rings. The van der Waals surface area contributed by atoms with Crippen molar-refractivity contribution >= 4 is 17.4 Å². The lowest BCUT2D eigenvalue weighted by molar-refractivity contribution is 0.0986. The Morgan fingerprint density at radius 3 is 2.32 bits per heavy atom. The maximum atomic E-state index is 13.4. The zero-order chi connectivity index (χ0) is 22.5. The zero-order valence-corrected chi connectivity index (χ0v) is 18.1. The molecule has 1 aromatic heterocycles. The maximum Gasteiger partial charge on any atom is 0.330 e. The van der Waals surface area contributed by atoms with Gasteiger partial charge in [0.15, 0.2) is 5.69 Å². The van der Waals surface area contributed by atoms with Crippen molar-refractivity contribution in [3.8, 4) is 0 Å². The van der Waals surface area contributed by atoms with E-state index in [-0.39, 0.29) is 24.0 Å². The number of aromatic nitrogens is 2. The van der Waals surface area contributed by atoms with Crippen LogP contribution in [-0.4, -0.2) is 22.0 Å². The molecule has 0 atom stereocenters. The average Bonchev–Trinajstić information content (AvgIpc) is 2.73. The van der Waals surface area contributed by atoms with Crippen molar-refractivity contribution in [1.29, 1.82) is 0 Å². The zero-order valence-electron chi connectivity index (χ0n) is 18.1. The molecular formula is C24H28N4O3. The van der Waals surface area contributed by atoms with Crippen molar-refractivity contribution in [3.05, 3.63) is 91.6 Å². The van der Waals surface area contributed by atoms with Gasteiger partial charge in [0.2, 0.25) is 0 Å². The van der Waals surface area contributed by atoms with Gasteiger partial charge in [0.25, 0.3) is 11.5 Å². The third-order valence-corrected chi connectivity index (χ3v) is 5.12. The van der Waals surface area contributed by atoms with Crippen LogP contribution < -0.4 is 21.9 Å². The fourth-order valence-corrected chi connectivity index (χ4v) is 3.65. The molecule has 2 aromatic carbocycles. The summed E-state index contributed by atoms with van der Waals surface area (Å²) >= 11 is 0. The Kier molecular flexibility index (Phi) is 6.74. The molecule has 0 radical (unpaired) electrons. The van der Waals surface area contributed by atoms with Crippen LogP contribution in [-0.2, 0) is 6.54 Å². The number of carbonyl (C=O) groups is 1. The van der Waals surface area contributed by atoms with Crippen molar-refractivity contribution in [2.75, 3.05) is 17.2 Å². The van der Waals surface area contributed by atoms with Gasteiger partial charge in [-0.1, -0.05) is 60.9 Å². The first-order valence-electron chi connectivity index (χ1n) is 10.4. The first kappa shape index (κ1) is 22.1. The van der Waals surface area contributed by atoms with E-state index in [0.29, 0.717) is 18.5 Å². The highest BCUT2D eigenvalue weighted by Crippen LogP contribution is 2.22. The monoisotopic (exact) mass is 420 g/mol. The minimum atomic E-state index is -0.666. The number of hydrogen-bond acceptors (Lipinski definition) is 4. The number of amides is 1. The molecule has 0 saturated heterocycles. The summed E-state index contributed by atoms with van der Waals surface area (Å²) in [6, 6.07) is 14.9. The summed E-state index contributed by atoms with van der Waals surface area (Å²) in [5, 5.41) is 0. The molecule has 1 amide bonds. The van der Waals surface area contributed by atoms with Crippen LogP contribution in [0.4, 0.5) is 11.5 Å². The molecule has 3 N–H and O–H groups in total. The number of nitrogens with one attached hydrogen (secondary N) is 1. The number of aryl methyl sites for hydroxylation is 2. The summed E-state index contributed by atoms with van der Waals surface area (Å²) in [6.45, 7) is 6.35. The van der Waals surface area contributed by atoms with Gasteiger partial charge in [0.1, 0.15) is 5.82 Å². The van der Waals surface area contributed by atoms with Gasteiger partial charge < -0.3 is 10.6 Å². The fraction of sp³-hybridized carbons (Fsp3) is 0.292. The van der Waals surface area contributed by atoms with Gasteiger partial charge in [-0.2, -0.15) is 0 Å². The number of H-pyrrole nitrogens is 1. The third kappa shape index (κ3) is 4.94. The van der Waals surface area contributed by atoms with E-state index in [0.717, 1.165) is 23.1 Å². The molecule has 162 valence electrons. The number of benzene rings is 2. The van der Waals surface area contributed by atoms with Crippen LogP contribution >= 0.6 is 0 Å². The second-order valence-corrected chi connectivity index (χ2v) is 7.75. The number of nitrogen functional groups attached to an aromatic ring is 1. The lowest BCUT2D eigenvalue weighted by Crippen LogP contribution is -2.41.